The number of likely N-dealkylation sites (N-methyl/N-ethyl adjacent to an activating group) is 1. The number of carbonyl (C=O) groups excluding carboxylic acids is 2. The van der Waals surface area contributed by atoms with Gasteiger partial charge >= 0.3 is 0 Å². The number of nitrogens with zero attached hydrogens (tertiary/aromatic N) is 2. The number of carbonyl (C=O) groups is 2. The first-order valence-electron chi connectivity index (χ1n) is 10.6. The van der Waals surface area contributed by atoms with E-state index < -0.39 is 5.54 Å². The number of rotatable bonds is 5. The van der Waals surface area contributed by atoms with Gasteiger partial charge in [-0.2, -0.15) is 0 Å². The lowest BCUT2D eigenvalue weighted by atomic mass is 9.76. The van der Waals surface area contributed by atoms with Crippen LogP contribution in [0.1, 0.15) is 27.9 Å². The lowest BCUT2D eigenvalue weighted by molar-refractivity contribution is -0.180. The molecule has 164 valence electrons. The fraction of sp³-hybridized carbons (Fsp3) is 0.417. The predicted molar refractivity (Wildman–Crippen MR) is 117 cm³/mol. The fourth-order valence-corrected chi connectivity index (χ4v) is 4.65. The second-order valence-corrected chi connectivity index (χ2v) is 8.16. The number of hydrogen-bond acceptors (Lipinski definition) is 5. The molecule has 0 radical (unpaired) electrons. The third-order valence-electron chi connectivity index (χ3n) is 6.43. The number of fused-ring (bicyclic) bond motifs is 1. The van der Waals surface area contributed by atoms with Crippen molar-refractivity contribution >= 4 is 11.8 Å². The quantitative estimate of drug-likeness (QED) is 0.794. The van der Waals surface area contributed by atoms with Crippen molar-refractivity contribution in [3.63, 3.8) is 0 Å². The Hall–Kier alpha value is -2.90. The molecule has 0 unspecified atom stereocenters. The minimum absolute atomic E-state index is 0.0272. The highest BCUT2D eigenvalue weighted by atomic mass is 16.5. The summed E-state index contributed by atoms with van der Waals surface area (Å²) in [5.41, 5.74) is 7.54. The van der Waals surface area contributed by atoms with Crippen molar-refractivity contribution in [3.05, 3.63) is 65.2 Å². The second-order valence-electron chi connectivity index (χ2n) is 8.16. The number of amides is 2. The van der Waals surface area contributed by atoms with Gasteiger partial charge in [-0.25, -0.2) is 0 Å². The Bertz CT molecular complexity index is 965. The molecule has 2 amide bonds. The van der Waals surface area contributed by atoms with Crippen LogP contribution in [-0.4, -0.2) is 67.6 Å². The van der Waals surface area contributed by atoms with Gasteiger partial charge in [0.15, 0.2) is 0 Å². The first kappa shape index (κ1) is 21.3. The summed E-state index contributed by atoms with van der Waals surface area (Å²) in [7, 11) is 1.84. The summed E-state index contributed by atoms with van der Waals surface area (Å²) in [5, 5.41) is 0. The number of aryl methyl sites for hydroxylation is 1. The van der Waals surface area contributed by atoms with E-state index in [9.17, 15) is 9.59 Å². The van der Waals surface area contributed by atoms with E-state index in [2.05, 4.69) is 0 Å². The molecule has 7 heteroatoms. The van der Waals surface area contributed by atoms with Crippen LogP contribution in [0.2, 0.25) is 0 Å². The van der Waals surface area contributed by atoms with Gasteiger partial charge in [-0.3, -0.25) is 9.59 Å². The Morgan fingerprint density at radius 2 is 2.03 bits per heavy atom. The monoisotopic (exact) mass is 423 g/mol. The van der Waals surface area contributed by atoms with Crippen LogP contribution in [0.3, 0.4) is 0 Å². The fourth-order valence-electron chi connectivity index (χ4n) is 4.65. The van der Waals surface area contributed by atoms with Gasteiger partial charge in [0.25, 0.3) is 5.91 Å². The zero-order valence-electron chi connectivity index (χ0n) is 18.0. The van der Waals surface area contributed by atoms with Crippen LogP contribution < -0.4 is 10.5 Å². The molecule has 2 aromatic rings. The predicted octanol–water partition coefficient (Wildman–Crippen LogP) is 1.93. The maximum Gasteiger partial charge on any atom is 0.254 e. The Morgan fingerprint density at radius 1 is 1.26 bits per heavy atom. The number of benzene rings is 2. The normalized spacial score (nSPS) is 23.5. The van der Waals surface area contributed by atoms with Gasteiger partial charge < -0.3 is 25.0 Å². The Kier molecular flexibility index (Phi) is 5.98. The number of morpholine rings is 1. The molecular formula is C24H29N3O4. The Balaban J connectivity index is 1.59. The van der Waals surface area contributed by atoms with Gasteiger partial charge in [0, 0.05) is 32.2 Å². The molecule has 4 rings (SSSR count). The van der Waals surface area contributed by atoms with Crippen LogP contribution in [0.15, 0.2) is 48.5 Å². The lowest BCUT2D eigenvalue weighted by Crippen LogP contribution is -2.67. The van der Waals surface area contributed by atoms with Crippen molar-refractivity contribution in [2.45, 2.75) is 25.0 Å². The molecule has 2 atom stereocenters. The lowest BCUT2D eigenvalue weighted by Gasteiger charge is -2.54. The minimum atomic E-state index is -0.573. The van der Waals surface area contributed by atoms with Crippen molar-refractivity contribution < 1.29 is 19.1 Å². The second kappa shape index (κ2) is 8.69. The third kappa shape index (κ3) is 3.79. The van der Waals surface area contributed by atoms with Crippen LogP contribution in [0.5, 0.6) is 5.75 Å². The van der Waals surface area contributed by atoms with E-state index >= 15 is 0 Å². The van der Waals surface area contributed by atoms with Gasteiger partial charge in [0.2, 0.25) is 5.91 Å². The van der Waals surface area contributed by atoms with Crippen molar-refractivity contribution in [2.75, 3.05) is 39.9 Å². The number of nitrogens with two attached hydrogens (primary N) is 1. The molecule has 2 heterocycles. The molecule has 2 aliphatic heterocycles. The maximum atomic E-state index is 13.3. The molecule has 2 aliphatic rings. The average Bonchev–Trinajstić information content (AvgIpc) is 2.81. The zero-order chi connectivity index (χ0) is 22.0. The van der Waals surface area contributed by atoms with Crippen LogP contribution in [0.4, 0.5) is 0 Å². The standard InChI is InChI=1S/C24H29N3O4/c1-17-8-9-18(14-20(17)30-13-11-25)23(29)27-12-10-24(19-6-4-3-5-7-19)21(15-27)31-16-22(28)26(24)2/h3-9,14,21H,10-13,15-16,25H2,1-2H3/t21-,24+/m1/s1. The zero-order valence-corrected chi connectivity index (χ0v) is 18.0. The smallest absolute Gasteiger partial charge is 0.254 e. The van der Waals surface area contributed by atoms with E-state index in [1.54, 1.807) is 6.07 Å². The van der Waals surface area contributed by atoms with E-state index in [0.29, 0.717) is 44.0 Å². The molecule has 0 spiro atoms. The van der Waals surface area contributed by atoms with Gasteiger partial charge in [-0.05, 0) is 36.6 Å². The summed E-state index contributed by atoms with van der Waals surface area (Å²) in [6, 6.07) is 15.5. The highest BCUT2D eigenvalue weighted by Crippen LogP contribution is 2.42. The Morgan fingerprint density at radius 3 is 2.77 bits per heavy atom. The largest absolute Gasteiger partial charge is 0.492 e. The molecule has 0 saturated carbocycles. The topological polar surface area (TPSA) is 85.1 Å². The number of piperidine rings is 1. The van der Waals surface area contributed by atoms with E-state index in [1.807, 2.05) is 66.2 Å². The summed E-state index contributed by atoms with van der Waals surface area (Å²) in [6.45, 7) is 3.72. The average molecular weight is 424 g/mol. The first-order valence-corrected chi connectivity index (χ1v) is 10.6. The van der Waals surface area contributed by atoms with E-state index in [-0.39, 0.29) is 24.5 Å². The number of ether oxygens (including phenoxy) is 2. The van der Waals surface area contributed by atoms with Crippen molar-refractivity contribution in [3.8, 4) is 5.75 Å². The van der Waals surface area contributed by atoms with Crippen LogP contribution in [0.25, 0.3) is 0 Å². The van der Waals surface area contributed by atoms with Gasteiger partial charge in [0.05, 0.1) is 5.54 Å². The maximum absolute atomic E-state index is 13.3. The highest BCUT2D eigenvalue weighted by Gasteiger charge is 2.53. The highest BCUT2D eigenvalue weighted by molar-refractivity contribution is 5.95. The molecule has 0 aromatic heterocycles. The summed E-state index contributed by atoms with van der Waals surface area (Å²) in [5.74, 6) is 0.564. The summed E-state index contributed by atoms with van der Waals surface area (Å²) >= 11 is 0. The van der Waals surface area contributed by atoms with Crippen molar-refractivity contribution in [1.29, 1.82) is 0 Å². The molecule has 2 fully saturated rings. The summed E-state index contributed by atoms with van der Waals surface area (Å²) < 4.78 is 11.7. The van der Waals surface area contributed by atoms with Gasteiger partial charge in [0.1, 0.15) is 25.1 Å². The van der Waals surface area contributed by atoms with Crippen LogP contribution >= 0.6 is 0 Å². The molecule has 31 heavy (non-hydrogen) atoms. The molecule has 2 N–H and O–H groups in total. The summed E-state index contributed by atoms with van der Waals surface area (Å²) in [4.78, 5) is 29.4. The van der Waals surface area contributed by atoms with E-state index in [4.69, 9.17) is 15.2 Å². The van der Waals surface area contributed by atoms with Crippen LogP contribution in [0, 0.1) is 6.92 Å². The summed E-state index contributed by atoms with van der Waals surface area (Å²) in [6.07, 6.45) is 0.312. The van der Waals surface area contributed by atoms with Gasteiger partial charge in [-0.1, -0.05) is 36.4 Å². The van der Waals surface area contributed by atoms with E-state index in [1.165, 1.54) is 0 Å². The van der Waals surface area contributed by atoms with Crippen molar-refractivity contribution in [1.82, 2.24) is 9.80 Å². The molecule has 0 aliphatic carbocycles. The number of likely N-dealkylation sites (tertiary alicyclic amines) is 1. The molecule has 2 saturated heterocycles. The van der Waals surface area contributed by atoms with Crippen molar-refractivity contribution in [2.24, 2.45) is 5.73 Å². The van der Waals surface area contributed by atoms with Crippen LogP contribution in [-0.2, 0) is 15.1 Å². The van der Waals surface area contributed by atoms with Gasteiger partial charge in [-0.15, -0.1) is 0 Å². The minimum Gasteiger partial charge on any atom is -0.492 e. The SMILES string of the molecule is Cc1ccc(C(=O)N2CC[C@]3(c4ccccc4)[C@@H](C2)OCC(=O)N3C)cc1OCCN. The van der Waals surface area contributed by atoms with E-state index in [0.717, 1.165) is 11.1 Å². The molecule has 7 nitrogen and oxygen atoms in total. The molecular weight excluding hydrogens is 394 g/mol. The molecule has 0 bridgehead atoms. The molecule has 2 aromatic carbocycles. The number of hydrogen-bond donors (Lipinski definition) is 1. The Labute approximate surface area is 182 Å². The third-order valence-corrected chi connectivity index (χ3v) is 6.43. The first-order chi connectivity index (χ1) is 15.0.